The lowest BCUT2D eigenvalue weighted by atomic mass is 11.0. The molecular formula is C3H6N6OS. The first kappa shape index (κ1) is 7.66. The molecule has 0 spiro atoms. The van der Waals surface area contributed by atoms with Gasteiger partial charge in [0.15, 0.2) is 0 Å². The van der Waals surface area contributed by atoms with Gasteiger partial charge in [-0.25, -0.2) is 10.2 Å². The van der Waals surface area contributed by atoms with Crippen LogP contribution in [-0.2, 0) is 0 Å². The van der Waals surface area contributed by atoms with Crippen LogP contribution in [0.2, 0.25) is 0 Å². The maximum Gasteiger partial charge on any atom is 0.334 e. The Hall–Kier alpha value is -1.44. The normalized spacial score (nSPS) is 9.18. The molecule has 60 valence electrons. The fourth-order valence-corrected chi connectivity index (χ4v) is 0.555. The molecule has 0 unspecified atom stereocenters. The molecule has 0 aliphatic carbocycles. The van der Waals surface area contributed by atoms with E-state index < -0.39 is 6.03 Å². The molecule has 0 fully saturated rings. The molecule has 0 bridgehead atoms. The van der Waals surface area contributed by atoms with Crippen LogP contribution < -0.4 is 10.7 Å². The summed E-state index contributed by atoms with van der Waals surface area (Å²) in [4.78, 5) is 11.8. The maximum atomic E-state index is 10.7. The van der Waals surface area contributed by atoms with Gasteiger partial charge in [-0.1, -0.05) is 5.10 Å². The van der Waals surface area contributed by atoms with E-state index in [0.717, 1.165) is 4.79 Å². The molecule has 7 nitrogen and oxygen atoms in total. The monoisotopic (exact) mass is 174 g/mol. The van der Waals surface area contributed by atoms with E-state index in [9.17, 15) is 4.79 Å². The molecule has 11 heavy (non-hydrogen) atoms. The Morgan fingerprint density at radius 2 is 2.55 bits per heavy atom. The van der Waals surface area contributed by atoms with Crippen LogP contribution in [0.15, 0.2) is 0 Å². The standard InChI is InChI=1S/C3H6N6OS/c1-4-2(10)6-9-3(11)5-7-8-9/h1H3,(H2,4,6,10)(H,5,8,11). The number of nitrogens with one attached hydrogen (secondary N) is 3. The number of amides is 2. The minimum atomic E-state index is -0.396. The van der Waals surface area contributed by atoms with Crippen LogP contribution in [0.5, 0.6) is 0 Å². The largest absolute Gasteiger partial charge is 0.340 e. The highest BCUT2D eigenvalue weighted by Crippen LogP contribution is 1.76. The number of aromatic nitrogens is 4. The highest BCUT2D eigenvalue weighted by atomic mass is 32.1. The smallest absolute Gasteiger partial charge is 0.334 e. The van der Waals surface area contributed by atoms with E-state index in [2.05, 4.69) is 38.5 Å². The lowest BCUT2D eigenvalue weighted by Crippen LogP contribution is -2.32. The van der Waals surface area contributed by atoms with Crippen molar-refractivity contribution in [3.63, 3.8) is 0 Å². The van der Waals surface area contributed by atoms with E-state index in [1.54, 1.807) is 0 Å². The number of rotatable bonds is 1. The number of carbonyl (C=O) groups excluding carboxylic acids is 1. The predicted molar refractivity (Wildman–Crippen MR) is 39.0 cm³/mol. The van der Waals surface area contributed by atoms with Crippen molar-refractivity contribution in [3.05, 3.63) is 4.77 Å². The van der Waals surface area contributed by atoms with E-state index in [1.165, 1.54) is 7.05 Å². The summed E-state index contributed by atoms with van der Waals surface area (Å²) >= 11 is 4.67. The number of tetrazole rings is 1. The third-order valence-electron chi connectivity index (χ3n) is 0.912. The second kappa shape index (κ2) is 3.10. The van der Waals surface area contributed by atoms with Gasteiger partial charge in [-0.05, 0) is 17.4 Å². The van der Waals surface area contributed by atoms with Crippen LogP contribution in [0.4, 0.5) is 4.79 Å². The van der Waals surface area contributed by atoms with Crippen LogP contribution in [0.1, 0.15) is 0 Å². The summed E-state index contributed by atoms with van der Waals surface area (Å²) < 4.78 is 0.161. The summed E-state index contributed by atoms with van der Waals surface area (Å²) in [5, 5.41) is 11.5. The summed E-state index contributed by atoms with van der Waals surface area (Å²) in [5.74, 6) is 0. The van der Waals surface area contributed by atoms with Crippen LogP contribution in [0, 0.1) is 4.77 Å². The Labute approximate surface area is 66.7 Å². The third-order valence-corrected chi connectivity index (χ3v) is 1.18. The summed E-state index contributed by atoms with van der Waals surface area (Å²) in [6, 6.07) is -0.396. The van der Waals surface area contributed by atoms with Gasteiger partial charge < -0.3 is 5.32 Å². The van der Waals surface area contributed by atoms with Crippen LogP contribution in [0.3, 0.4) is 0 Å². The van der Waals surface area contributed by atoms with Crippen LogP contribution in [0.25, 0.3) is 0 Å². The number of hydrogen-bond donors (Lipinski definition) is 3. The van der Waals surface area contributed by atoms with E-state index in [1.807, 2.05) is 0 Å². The van der Waals surface area contributed by atoms with Gasteiger partial charge in [0.2, 0.25) is 0 Å². The number of hydrogen-bond acceptors (Lipinski definition) is 4. The van der Waals surface area contributed by atoms with E-state index in [-0.39, 0.29) is 4.77 Å². The lowest BCUT2D eigenvalue weighted by molar-refractivity contribution is 0.250. The number of aromatic amines is 1. The SMILES string of the molecule is CNC(=O)Nn1[nH]nnc1=S. The minimum Gasteiger partial charge on any atom is -0.340 e. The molecule has 1 aromatic heterocycles. The molecule has 8 heteroatoms. The molecule has 3 N–H and O–H groups in total. The minimum absolute atomic E-state index is 0.161. The van der Waals surface area contributed by atoms with Crippen LogP contribution >= 0.6 is 12.2 Å². The van der Waals surface area contributed by atoms with Gasteiger partial charge in [-0.3, -0.25) is 0 Å². The molecule has 1 rings (SSSR count). The summed E-state index contributed by atoms with van der Waals surface area (Å²) in [5.41, 5.74) is 2.32. The average Bonchev–Trinajstić information content (AvgIpc) is 2.37. The molecule has 0 radical (unpaired) electrons. The Kier molecular flexibility index (Phi) is 2.16. The van der Waals surface area contributed by atoms with Crippen molar-refractivity contribution in [2.45, 2.75) is 0 Å². The zero-order valence-electron chi connectivity index (χ0n) is 5.66. The Balaban J connectivity index is 2.72. The summed E-state index contributed by atoms with van der Waals surface area (Å²) in [6.45, 7) is 0. The second-order valence-electron chi connectivity index (χ2n) is 1.61. The molecule has 0 atom stereocenters. The molecule has 0 saturated heterocycles. The number of H-pyrrole nitrogens is 1. The molecule has 0 aromatic carbocycles. The Bertz CT molecular complexity index is 301. The second-order valence-corrected chi connectivity index (χ2v) is 1.97. The van der Waals surface area contributed by atoms with Crippen molar-refractivity contribution < 1.29 is 4.79 Å². The topological polar surface area (TPSA) is 87.6 Å². The van der Waals surface area contributed by atoms with Gasteiger partial charge in [0.25, 0.3) is 4.77 Å². The lowest BCUT2D eigenvalue weighted by Gasteiger charge is -2.00. The third kappa shape index (κ3) is 1.74. The molecule has 0 saturated carbocycles. The van der Waals surface area contributed by atoms with E-state index >= 15 is 0 Å². The van der Waals surface area contributed by atoms with Crippen molar-refractivity contribution >= 4 is 18.2 Å². The Morgan fingerprint density at radius 1 is 1.82 bits per heavy atom. The predicted octanol–water partition coefficient (Wildman–Crippen LogP) is -0.781. The first-order valence-corrected chi connectivity index (χ1v) is 3.13. The van der Waals surface area contributed by atoms with Crippen molar-refractivity contribution in [2.24, 2.45) is 0 Å². The van der Waals surface area contributed by atoms with Crippen molar-refractivity contribution in [2.75, 3.05) is 12.5 Å². The van der Waals surface area contributed by atoms with Crippen LogP contribution in [-0.4, -0.2) is 33.4 Å². The quantitative estimate of drug-likeness (QED) is 0.487. The molecule has 1 aromatic rings. The van der Waals surface area contributed by atoms with Gasteiger partial charge >= 0.3 is 6.03 Å². The molecular weight excluding hydrogens is 168 g/mol. The number of nitrogens with zero attached hydrogens (tertiary/aromatic N) is 3. The number of carbonyl (C=O) groups is 1. The fourth-order valence-electron chi connectivity index (χ4n) is 0.428. The molecule has 2 amide bonds. The van der Waals surface area contributed by atoms with Crippen molar-refractivity contribution in [1.82, 2.24) is 25.6 Å². The summed E-state index contributed by atoms with van der Waals surface area (Å²) in [7, 11) is 1.49. The van der Waals surface area contributed by atoms with Gasteiger partial charge in [-0.15, -0.1) is 4.79 Å². The van der Waals surface area contributed by atoms with Gasteiger partial charge in [0, 0.05) is 7.05 Å². The fraction of sp³-hybridized carbons (Fsp3) is 0.333. The average molecular weight is 174 g/mol. The highest BCUT2D eigenvalue weighted by Gasteiger charge is 1.97. The van der Waals surface area contributed by atoms with Gasteiger partial charge in [-0.2, -0.15) is 5.21 Å². The van der Waals surface area contributed by atoms with Gasteiger partial charge in [0.1, 0.15) is 0 Å². The Morgan fingerprint density at radius 3 is 3.00 bits per heavy atom. The zero-order valence-corrected chi connectivity index (χ0v) is 6.47. The first-order chi connectivity index (χ1) is 5.24. The highest BCUT2D eigenvalue weighted by molar-refractivity contribution is 7.71. The van der Waals surface area contributed by atoms with Crippen molar-refractivity contribution in [3.8, 4) is 0 Å². The number of urea groups is 1. The molecule has 0 aliphatic rings. The molecule has 1 heterocycles. The van der Waals surface area contributed by atoms with Gasteiger partial charge in [0.05, 0.1) is 0 Å². The van der Waals surface area contributed by atoms with E-state index in [0.29, 0.717) is 0 Å². The van der Waals surface area contributed by atoms with E-state index in [4.69, 9.17) is 0 Å². The molecule has 0 aliphatic heterocycles. The summed E-state index contributed by atoms with van der Waals surface area (Å²) in [6.07, 6.45) is 0. The van der Waals surface area contributed by atoms with Crippen molar-refractivity contribution in [1.29, 1.82) is 0 Å². The zero-order chi connectivity index (χ0) is 8.27. The first-order valence-electron chi connectivity index (χ1n) is 2.73. The maximum absolute atomic E-state index is 10.7.